The lowest BCUT2D eigenvalue weighted by Gasteiger charge is -2.27. The van der Waals surface area contributed by atoms with Gasteiger partial charge in [0.25, 0.3) is 0 Å². The zero-order chi connectivity index (χ0) is 34.1. The fourth-order valence-corrected chi connectivity index (χ4v) is 8.92. The fourth-order valence-electron chi connectivity index (χ4n) is 7.92. The molecule has 10 rings (SSSR count). The molecule has 3 heteroatoms. The standard InChI is InChI=1S/C48H34N2S/c1-48(2)43-28-36-20-24-40(26-37(36)27-41(43)42-29-46-45(30-44(42)48)49-47(51-46)34-14-7-4-8-15-34)50(39-23-19-32-13-9-10-16-35(32)25-39)38-21-17-33(18-22-38)31-11-5-3-6-12-31/h3-30H,1-2H3. The highest BCUT2D eigenvalue weighted by atomic mass is 32.1. The van der Waals surface area contributed by atoms with E-state index in [-0.39, 0.29) is 5.41 Å². The Morgan fingerprint density at radius 1 is 0.451 bits per heavy atom. The van der Waals surface area contributed by atoms with Crippen molar-refractivity contribution in [1.82, 2.24) is 4.98 Å². The predicted octanol–water partition coefficient (Wildman–Crippen LogP) is 13.7. The number of hydrogen-bond donors (Lipinski definition) is 0. The van der Waals surface area contributed by atoms with Crippen LogP contribution in [0.15, 0.2) is 170 Å². The van der Waals surface area contributed by atoms with E-state index in [4.69, 9.17) is 4.98 Å². The van der Waals surface area contributed by atoms with Crippen LogP contribution in [0.5, 0.6) is 0 Å². The smallest absolute Gasteiger partial charge is 0.124 e. The van der Waals surface area contributed by atoms with Crippen LogP contribution in [-0.2, 0) is 5.41 Å². The molecule has 0 atom stereocenters. The van der Waals surface area contributed by atoms with Crippen molar-refractivity contribution in [1.29, 1.82) is 0 Å². The van der Waals surface area contributed by atoms with E-state index >= 15 is 0 Å². The summed E-state index contributed by atoms with van der Waals surface area (Å²) >= 11 is 1.78. The summed E-state index contributed by atoms with van der Waals surface area (Å²) in [6, 6.07) is 61.9. The van der Waals surface area contributed by atoms with Gasteiger partial charge in [0.15, 0.2) is 0 Å². The van der Waals surface area contributed by atoms with Crippen molar-refractivity contribution in [2.75, 3.05) is 4.90 Å². The highest BCUT2D eigenvalue weighted by molar-refractivity contribution is 7.21. The molecule has 0 unspecified atom stereocenters. The first-order valence-electron chi connectivity index (χ1n) is 17.5. The number of aromatic nitrogens is 1. The largest absolute Gasteiger partial charge is 0.310 e. The first kappa shape index (κ1) is 29.8. The Labute approximate surface area is 301 Å². The van der Waals surface area contributed by atoms with Crippen LogP contribution < -0.4 is 4.90 Å². The minimum absolute atomic E-state index is 0.125. The quantitative estimate of drug-likeness (QED) is 0.181. The number of rotatable bonds is 5. The summed E-state index contributed by atoms with van der Waals surface area (Å²) in [7, 11) is 0. The molecule has 1 aromatic heterocycles. The molecule has 0 spiro atoms. The third-order valence-corrected chi connectivity index (χ3v) is 11.7. The van der Waals surface area contributed by atoms with Crippen molar-refractivity contribution >= 4 is 60.2 Å². The second-order valence-electron chi connectivity index (χ2n) is 14.1. The van der Waals surface area contributed by atoms with Gasteiger partial charge in [0, 0.05) is 28.0 Å². The van der Waals surface area contributed by atoms with Gasteiger partial charge < -0.3 is 4.90 Å². The number of fused-ring (bicyclic) bond motifs is 6. The normalized spacial score (nSPS) is 13.1. The summed E-state index contributed by atoms with van der Waals surface area (Å²) in [4.78, 5) is 7.47. The van der Waals surface area contributed by atoms with E-state index in [0.717, 1.165) is 27.6 Å². The van der Waals surface area contributed by atoms with Gasteiger partial charge in [0.1, 0.15) is 5.01 Å². The Morgan fingerprint density at radius 3 is 1.75 bits per heavy atom. The average molecular weight is 671 g/mol. The molecule has 0 bridgehead atoms. The highest BCUT2D eigenvalue weighted by Crippen LogP contribution is 2.52. The Morgan fingerprint density at radius 2 is 1.00 bits per heavy atom. The summed E-state index contributed by atoms with van der Waals surface area (Å²) in [5, 5.41) is 6.02. The number of anilines is 3. The molecular formula is C48H34N2S. The molecule has 1 heterocycles. The van der Waals surface area contributed by atoms with Crippen LogP contribution in [0.4, 0.5) is 17.1 Å². The molecule has 0 amide bonds. The monoisotopic (exact) mass is 670 g/mol. The first-order chi connectivity index (χ1) is 25.0. The molecule has 0 saturated carbocycles. The molecule has 8 aromatic carbocycles. The van der Waals surface area contributed by atoms with Gasteiger partial charge in [-0.3, -0.25) is 0 Å². The summed E-state index contributed by atoms with van der Waals surface area (Å²) in [5.74, 6) is 0. The van der Waals surface area contributed by atoms with Crippen molar-refractivity contribution in [3.8, 4) is 32.8 Å². The van der Waals surface area contributed by atoms with Crippen molar-refractivity contribution in [3.63, 3.8) is 0 Å². The van der Waals surface area contributed by atoms with E-state index in [9.17, 15) is 0 Å². The van der Waals surface area contributed by atoms with Crippen LogP contribution in [0.25, 0.3) is 64.6 Å². The molecule has 0 aliphatic heterocycles. The van der Waals surface area contributed by atoms with Gasteiger partial charge in [-0.05, 0) is 116 Å². The maximum absolute atomic E-state index is 5.09. The molecule has 0 N–H and O–H groups in total. The zero-order valence-corrected chi connectivity index (χ0v) is 29.3. The van der Waals surface area contributed by atoms with Crippen LogP contribution in [-0.4, -0.2) is 4.98 Å². The Balaban J connectivity index is 1.11. The third kappa shape index (κ3) is 4.96. The van der Waals surface area contributed by atoms with E-state index in [1.165, 1.54) is 65.2 Å². The SMILES string of the molecule is CC1(C)c2cc3ccc(N(c4ccc(-c5ccccc5)cc4)c4ccc5ccccc5c4)cc3cc2-c2cc3sc(-c4ccccc4)nc3cc21. The molecule has 51 heavy (non-hydrogen) atoms. The molecule has 0 saturated heterocycles. The van der Waals surface area contributed by atoms with Crippen molar-refractivity contribution in [2.45, 2.75) is 19.3 Å². The zero-order valence-electron chi connectivity index (χ0n) is 28.5. The van der Waals surface area contributed by atoms with E-state index in [2.05, 4.69) is 189 Å². The Bertz CT molecular complexity index is 2760. The predicted molar refractivity (Wildman–Crippen MR) is 218 cm³/mol. The number of hydrogen-bond acceptors (Lipinski definition) is 3. The second kappa shape index (κ2) is 11.5. The second-order valence-corrected chi connectivity index (χ2v) is 15.1. The minimum Gasteiger partial charge on any atom is -0.310 e. The van der Waals surface area contributed by atoms with Crippen molar-refractivity contribution < 1.29 is 0 Å². The molecular weight excluding hydrogens is 637 g/mol. The lowest BCUT2D eigenvalue weighted by molar-refractivity contribution is 0.662. The molecule has 0 fully saturated rings. The number of nitrogens with zero attached hydrogens (tertiary/aromatic N) is 2. The van der Waals surface area contributed by atoms with Gasteiger partial charge in [-0.1, -0.05) is 123 Å². The van der Waals surface area contributed by atoms with Crippen LogP contribution in [0.1, 0.15) is 25.0 Å². The molecule has 0 radical (unpaired) electrons. The molecule has 9 aromatic rings. The molecule has 1 aliphatic rings. The molecule has 1 aliphatic carbocycles. The minimum atomic E-state index is -0.125. The molecule has 242 valence electrons. The van der Waals surface area contributed by atoms with Gasteiger partial charge >= 0.3 is 0 Å². The van der Waals surface area contributed by atoms with Gasteiger partial charge in [-0.2, -0.15) is 0 Å². The van der Waals surface area contributed by atoms with Gasteiger partial charge in [0.2, 0.25) is 0 Å². The molecule has 2 nitrogen and oxygen atoms in total. The summed E-state index contributed by atoms with van der Waals surface area (Å²) in [6.07, 6.45) is 0. The van der Waals surface area contributed by atoms with Gasteiger partial charge in [-0.15, -0.1) is 11.3 Å². The van der Waals surface area contributed by atoms with Crippen molar-refractivity contribution in [3.05, 3.63) is 181 Å². The van der Waals surface area contributed by atoms with E-state index in [1.54, 1.807) is 11.3 Å². The lowest BCUT2D eigenvalue weighted by Crippen LogP contribution is -2.15. The maximum Gasteiger partial charge on any atom is 0.124 e. The van der Waals surface area contributed by atoms with Gasteiger partial charge in [-0.25, -0.2) is 4.98 Å². The average Bonchev–Trinajstić information content (AvgIpc) is 3.69. The number of thiazole rings is 1. The van der Waals surface area contributed by atoms with E-state index in [1.807, 2.05) is 0 Å². The third-order valence-electron chi connectivity index (χ3n) is 10.6. The van der Waals surface area contributed by atoms with Crippen LogP contribution in [0, 0.1) is 0 Å². The fraction of sp³-hybridized carbons (Fsp3) is 0.0625. The van der Waals surface area contributed by atoms with Crippen LogP contribution in [0.3, 0.4) is 0 Å². The summed E-state index contributed by atoms with van der Waals surface area (Å²) in [6.45, 7) is 4.71. The number of benzene rings is 8. The Hall–Kier alpha value is -6.03. The Kier molecular flexibility index (Phi) is 6.74. The highest BCUT2D eigenvalue weighted by Gasteiger charge is 2.36. The van der Waals surface area contributed by atoms with Crippen LogP contribution >= 0.6 is 11.3 Å². The summed E-state index contributed by atoms with van der Waals surface area (Å²) < 4.78 is 1.23. The van der Waals surface area contributed by atoms with E-state index < -0.39 is 0 Å². The van der Waals surface area contributed by atoms with Crippen molar-refractivity contribution in [2.24, 2.45) is 0 Å². The summed E-state index contributed by atoms with van der Waals surface area (Å²) in [5.41, 5.74) is 13.3. The first-order valence-corrected chi connectivity index (χ1v) is 18.3. The lowest BCUT2D eigenvalue weighted by atomic mass is 9.82. The van der Waals surface area contributed by atoms with Crippen LogP contribution in [0.2, 0.25) is 0 Å². The maximum atomic E-state index is 5.09. The van der Waals surface area contributed by atoms with E-state index in [0.29, 0.717) is 0 Å². The topological polar surface area (TPSA) is 16.1 Å². The van der Waals surface area contributed by atoms with Gasteiger partial charge in [0.05, 0.1) is 10.2 Å².